The number of aliphatic imine (C=N–C) groups is 1. The highest BCUT2D eigenvalue weighted by molar-refractivity contribution is 5.97. The van der Waals surface area contributed by atoms with Crippen LogP contribution >= 0.6 is 0 Å². The molecule has 1 aliphatic heterocycles. The molecule has 2 heterocycles. The zero-order valence-corrected chi connectivity index (χ0v) is 15.5. The molecule has 0 saturated carbocycles. The average Bonchev–Trinajstić information content (AvgIpc) is 3.24. The number of para-hydroxylation sites is 1. The van der Waals surface area contributed by atoms with E-state index in [2.05, 4.69) is 52.2 Å². The van der Waals surface area contributed by atoms with Gasteiger partial charge >= 0.3 is 0 Å². The largest absolute Gasteiger partial charge is 0.361 e. The number of guanidine groups is 1. The average molecular weight is 358 g/mol. The van der Waals surface area contributed by atoms with E-state index < -0.39 is 0 Å². The fraction of sp³-hybridized carbons (Fsp3) is 0.273. The fourth-order valence-electron chi connectivity index (χ4n) is 4.25. The predicted octanol–water partition coefficient (Wildman–Crippen LogP) is 4.44. The lowest BCUT2D eigenvalue weighted by Gasteiger charge is -2.27. The Bertz CT molecular complexity index is 1020. The Balaban J connectivity index is 1.52. The third kappa shape index (κ3) is 2.70. The second-order valence-electron chi connectivity index (χ2n) is 7.26. The molecular formula is C22H22N4O. The minimum Gasteiger partial charge on any atom is -0.361 e. The maximum atomic E-state index is 5.42. The molecule has 1 unspecified atom stereocenters. The lowest BCUT2D eigenvalue weighted by Crippen LogP contribution is -2.36. The molecule has 1 aromatic heterocycles. The van der Waals surface area contributed by atoms with Crippen molar-refractivity contribution in [3.8, 4) is 0 Å². The predicted molar refractivity (Wildman–Crippen MR) is 106 cm³/mol. The van der Waals surface area contributed by atoms with E-state index in [1.807, 2.05) is 26.0 Å². The van der Waals surface area contributed by atoms with Gasteiger partial charge in [-0.1, -0.05) is 47.6 Å². The first-order valence-corrected chi connectivity index (χ1v) is 9.41. The minimum absolute atomic E-state index is 0.118. The summed E-state index contributed by atoms with van der Waals surface area (Å²) in [6, 6.07) is 17.1. The van der Waals surface area contributed by atoms with Crippen LogP contribution in [0.4, 0.5) is 5.69 Å². The molecule has 2 atom stereocenters. The molecule has 0 amide bonds. The number of nitrogens with one attached hydrogen (secondary N) is 2. The first kappa shape index (κ1) is 16.1. The number of nitrogens with zero attached hydrogens (tertiary/aromatic N) is 2. The number of hydrogen-bond donors (Lipinski definition) is 2. The van der Waals surface area contributed by atoms with Crippen molar-refractivity contribution < 1.29 is 4.52 Å². The number of aromatic nitrogens is 1. The van der Waals surface area contributed by atoms with Crippen molar-refractivity contribution in [2.75, 3.05) is 5.32 Å². The van der Waals surface area contributed by atoms with Crippen LogP contribution in [0.25, 0.3) is 0 Å². The second-order valence-corrected chi connectivity index (χ2v) is 7.26. The van der Waals surface area contributed by atoms with Crippen LogP contribution in [0.5, 0.6) is 0 Å². The Morgan fingerprint density at radius 2 is 1.81 bits per heavy atom. The van der Waals surface area contributed by atoms with E-state index in [-0.39, 0.29) is 12.1 Å². The summed E-state index contributed by atoms with van der Waals surface area (Å²) in [6.07, 6.45) is 2.18. The van der Waals surface area contributed by atoms with Gasteiger partial charge in [-0.05, 0) is 43.9 Å². The zero-order valence-electron chi connectivity index (χ0n) is 15.5. The zero-order chi connectivity index (χ0) is 18.4. The molecule has 5 rings (SSSR count). The Morgan fingerprint density at radius 1 is 1.04 bits per heavy atom. The van der Waals surface area contributed by atoms with Crippen LogP contribution in [0.1, 0.15) is 52.2 Å². The molecule has 2 aliphatic rings. The quantitative estimate of drug-likeness (QED) is 0.711. The third-order valence-electron chi connectivity index (χ3n) is 5.57. The highest BCUT2D eigenvalue weighted by Gasteiger charge is 2.30. The third-order valence-corrected chi connectivity index (χ3v) is 5.57. The summed E-state index contributed by atoms with van der Waals surface area (Å²) in [5.74, 6) is 1.63. The van der Waals surface area contributed by atoms with E-state index in [1.165, 1.54) is 11.1 Å². The summed E-state index contributed by atoms with van der Waals surface area (Å²) in [4.78, 5) is 5.02. The monoisotopic (exact) mass is 358 g/mol. The van der Waals surface area contributed by atoms with Crippen LogP contribution in [0.15, 0.2) is 58.0 Å². The summed E-state index contributed by atoms with van der Waals surface area (Å²) in [5.41, 5.74) is 6.96. The number of benzene rings is 2. The van der Waals surface area contributed by atoms with Crippen molar-refractivity contribution in [3.63, 3.8) is 0 Å². The van der Waals surface area contributed by atoms with Gasteiger partial charge in [0.25, 0.3) is 0 Å². The molecule has 1 aliphatic carbocycles. The molecule has 0 spiro atoms. The molecule has 5 heteroatoms. The number of fused-ring (bicyclic) bond motifs is 2. The van der Waals surface area contributed by atoms with Crippen molar-refractivity contribution in [3.05, 3.63) is 82.2 Å². The first-order chi connectivity index (χ1) is 13.2. The van der Waals surface area contributed by atoms with Crippen LogP contribution in [-0.2, 0) is 6.42 Å². The number of hydrogen-bond acceptors (Lipinski definition) is 5. The summed E-state index contributed by atoms with van der Waals surface area (Å²) in [7, 11) is 0. The van der Waals surface area contributed by atoms with Crippen molar-refractivity contribution in [2.24, 2.45) is 4.99 Å². The summed E-state index contributed by atoms with van der Waals surface area (Å²) < 4.78 is 5.42. The van der Waals surface area contributed by atoms with Gasteiger partial charge in [-0.3, -0.25) is 0 Å². The lowest BCUT2D eigenvalue weighted by molar-refractivity contribution is 0.392. The second kappa shape index (κ2) is 6.27. The van der Waals surface area contributed by atoms with Crippen LogP contribution < -0.4 is 10.6 Å². The van der Waals surface area contributed by atoms with Gasteiger partial charge in [0.05, 0.1) is 11.7 Å². The molecule has 2 N–H and O–H groups in total. The van der Waals surface area contributed by atoms with Gasteiger partial charge in [-0.25, -0.2) is 4.99 Å². The van der Waals surface area contributed by atoms with Crippen LogP contribution in [0.2, 0.25) is 0 Å². The van der Waals surface area contributed by atoms with E-state index in [1.54, 1.807) is 0 Å². The summed E-state index contributed by atoms with van der Waals surface area (Å²) in [5, 5.41) is 11.2. The fourth-order valence-corrected chi connectivity index (χ4v) is 4.25. The lowest BCUT2D eigenvalue weighted by atomic mass is 9.95. The molecule has 0 radical (unpaired) electrons. The smallest absolute Gasteiger partial charge is 0.197 e. The Kier molecular flexibility index (Phi) is 3.74. The normalized spacial score (nSPS) is 20.4. The molecule has 5 nitrogen and oxygen atoms in total. The van der Waals surface area contributed by atoms with Gasteiger partial charge in [0.1, 0.15) is 11.8 Å². The molecule has 0 fully saturated rings. The first-order valence-electron chi connectivity index (χ1n) is 9.41. The molecule has 2 aromatic carbocycles. The highest BCUT2D eigenvalue weighted by atomic mass is 16.5. The number of aryl methyl sites for hydroxylation is 3. The minimum atomic E-state index is -0.118. The Hall–Kier alpha value is -3.08. The molecular weight excluding hydrogens is 336 g/mol. The van der Waals surface area contributed by atoms with Crippen LogP contribution in [0, 0.1) is 13.8 Å². The maximum absolute atomic E-state index is 5.42. The molecule has 136 valence electrons. The standard InChI is InChI=1S/C22H22N4O/c1-13-20(14(2)27-26-13)21-17-9-5-6-10-18(17)23-22(25-21)24-19-12-11-15-7-3-4-8-16(15)19/h3-10,19,21H,11-12H2,1-2H3,(H2,23,24,25)/t19-,21?/m0/s1. The van der Waals surface area contributed by atoms with Gasteiger partial charge in [-0.2, -0.15) is 0 Å². The highest BCUT2D eigenvalue weighted by Crippen LogP contribution is 2.38. The number of rotatable bonds is 2. The van der Waals surface area contributed by atoms with Gasteiger partial charge in [0.2, 0.25) is 0 Å². The van der Waals surface area contributed by atoms with Crippen molar-refractivity contribution >= 4 is 11.6 Å². The maximum Gasteiger partial charge on any atom is 0.197 e. The molecule has 27 heavy (non-hydrogen) atoms. The van der Waals surface area contributed by atoms with E-state index in [4.69, 9.17) is 9.52 Å². The molecule has 3 aromatic rings. The van der Waals surface area contributed by atoms with Crippen molar-refractivity contribution in [1.82, 2.24) is 10.5 Å². The molecule has 0 saturated heterocycles. The van der Waals surface area contributed by atoms with Gasteiger partial charge in [-0.15, -0.1) is 0 Å². The number of anilines is 1. The Morgan fingerprint density at radius 3 is 2.63 bits per heavy atom. The molecule has 0 bridgehead atoms. The van der Waals surface area contributed by atoms with Gasteiger partial charge in [0.15, 0.2) is 5.96 Å². The Labute approximate surface area is 158 Å². The van der Waals surface area contributed by atoms with Crippen molar-refractivity contribution in [1.29, 1.82) is 0 Å². The van der Waals surface area contributed by atoms with E-state index >= 15 is 0 Å². The van der Waals surface area contributed by atoms with Crippen LogP contribution in [-0.4, -0.2) is 11.1 Å². The van der Waals surface area contributed by atoms with Gasteiger partial charge in [0, 0.05) is 16.8 Å². The van der Waals surface area contributed by atoms with E-state index in [0.717, 1.165) is 47.1 Å². The summed E-state index contributed by atoms with van der Waals surface area (Å²) >= 11 is 0. The summed E-state index contributed by atoms with van der Waals surface area (Å²) in [6.45, 7) is 3.93. The van der Waals surface area contributed by atoms with Crippen molar-refractivity contribution in [2.45, 2.75) is 38.8 Å². The SMILES string of the molecule is Cc1noc(C)c1C1N=C(N[C@H]2CCc3ccccc32)Nc2ccccc21. The topological polar surface area (TPSA) is 62.5 Å². The van der Waals surface area contributed by atoms with E-state index in [0.29, 0.717) is 0 Å². The van der Waals surface area contributed by atoms with E-state index in [9.17, 15) is 0 Å². The van der Waals surface area contributed by atoms with Crippen LogP contribution in [0.3, 0.4) is 0 Å². The van der Waals surface area contributed by atoms with Gasteiger partial charge < -0.3 is 15.2 Å².